The Bertz CT molecular complexity index is 1140. The summed E-state index contributed by atoms with van der Waals surface area (Å²) in [6.45, 7) is -0.613. The van der Waals surface area contributed by atoms with Gasteiger partial charge in [0.15, 0.2) is 5.13 Å². The molecule has 0 atom stereocenters. The maximum atomic E-state index is 12.5. The molecule has 0 bridgehead atoms. The molecular formula is C17H12N4O4S2. The number of hydrogen-bond acceptors (Lipinski definition) is 7. The van der Waals surface area contributed by atoms with Gasteiger partial charge >= 0.3 is 0 Å². The van der Waals surface area contributed by atoms with Crippen molar-refractivity contribution in [2.45, 2.75) is 4.90 Å². The number of thiazole rings is 1. The second-order valence-electron chi connectivity index (χ2n) is 5.64. The van der Waals surface area contributed by atoms with Gasteiger partial charge in [-0.15, -0.1) is 11.3 Å². The maximum Gasteiger partial charge on any atom is 0.269 e. The Morgan fingerprint density at radius 2 is 2.00 bits per heavy atom. The molecule has 0 radical (unpaired) electrons. The minimum Gasteiger partial charge on any atom is -0.300 e. The minimum absolute atomic E-state index is 0.0680. The molecule has 1 N–H and O–H groups in total. The Balaban J connectivity index is 1.50. The average molecular weight is 400 g/mol. The summed E-state index contributed by atoms with van der Waals surface area (Å²) < 4.78 is 25.5. The van der Waals surface area contributed by atoms with Crippen LogP contribution in [0.1, 0.15) is 10.4 Å². The largest absolute Gasteiger partial charge is 0.300 e. The first-order valence-electron chi connectivity index (χ1n) is 7.79. The molecule has 1 aliphatic rings. The number of pyridine rings is 1. The number of hydrogen-bond donors (Lipinski definition) is 1. The van der Waals surface area contributed by atoms with E-state index in [0.29, 0.717) is 15.1 Å². The fourth-order valence-electron chi connectivity index (χ4n) is 2.65. The fourth-order valence-corrected chi connectivity index (χ4v) is 4.92. The molecule has 2 amide bonds. The SMILES string of the molecule is O=C(CN1C(=O)c2ccccc2S1(=O)=O)Nc1nc(-c2cccnc2)cs1. The van der Waals surface area contributed by atoms with E-state index in [-0.39, 0.29) is 10.5 Å². The number of nitrogens with zero attached hydrogens (tertiary/aromatic N) is 3. The van der Waals surface area contributed by atoms with Gasteiger partial charge < -0.3 is 5.32 Å². The zero-order valence-electron chi connectivity index (χ0n) is 13.7. The molecule has 0 unspecified atom stereocenters. The quantitative estimate of drug-likeness (QED) is 0.717. The van der Waals surface area contributed by atoms with Crippen LogP contribution in [0.15, 0.2) is 59.1 Å². The summed E-state index contributed by atoms with van der Waals surface area (Å²) in [6, 6.07) is 9.48. The summed E-state index contributed by atoms with van der Waals surface area (Å²) in [5, 5.41) is 4.59. The van der Waals surface area contributed by atoms with Crippen molar-refractivity contribution in [1.29, 1.82) is 0 Å². The van der Waals surface area contributed by atoms with E-state index in [1.807, 2.05) is 6.07 Å². The molecule has 0 spiro atoms. The zero-order chi connectivity index (χ0) is 19.0. The average Bonchev–Trinajstić information content (AvgIpc) is 3.20. The van der Waals surface area contributed by atoms with Crippen molar-refractivity contribution in [3.63, 3.8) is 0 Å². The van der Waals surface area contributed by atoms with E-state index in [0.717, 1.165) is 5.56 Å². The van der Waals surface area contributed by atoms with E-state index in [1.54, 1.807) is 29.9 Å². The van der Waals surface area contributed by atoms with Crippen LogP contribution in [0.25, 0.3) is 11.3 Å². The Kier molecular flexibility index (Phi) is 4.21. The lowest BCUT2D eigenvalue weighted by Gasteiger charge is -2.13. The molecule has 3 heterocycles. The van der Waals surface area contributed by atoms with Crippen molar-refractivity contribution < 1.29 is 18.0 Å². The third-order valence-corrected chi connectivity index (χ3v) is 6.45. The number of fused-ring (bicyclic) bond motifs is 1. The zero-order valence-corrected chi connectivity index (χ0v) is 15.3. The molecule has 0 fully saturated rings. The van der Waals surface area contributed by atoms with Crippen LogP contribution in [0.5, 0.6) is 0 Å². The van der Waals surface area contributed by atoms with Gasteiger partial charge in [-0.3, -0.25) is 14.6 Å². The highest BCUT2D eigenvalue weighted by Gasteiger charge is 2.41. The molecule has 0 saturated carbocycles. The summed E-state index contributed by atoms with van der Waals surface area (Å²) in [5.74, 6) is -1.36. The molecule has 1 aromatic carbocycles. The van der Waals surface area contributed by atoms with Crippen molar-refractivity contribution in [2.24, 2.45) is 0 Å². The summed E-state index contributed by atoms with van der Waals surface area (Å²) >= 11 is 1.19. The van der Waals surface area contributed by atoms with Crippen LogP contribution in [0.3, 0.4) is 0 Å². The molecule has 136 valence electrons. The van der Waals surface area contributed by atoms with Gasteiger partial charge in [-0.05, 0) is 24.3 Å². The summed E-state index contributed by atoms with van der Waals surface area (Å²) in [4.78, 5) is 32.8. The van der Waals surface area contributed by atoms with Gasteiger partial charge in [0.25, 0.3) is 15.9 Å². The fraction of sp³-hybridized carbons (Fsp3) is 0.0588. The topological polar surface area (TPSA) is 109 Å². The molecular weight excluding hydrogens is 388 g/mol. The molecule has 4 rings (SSSR count). The van der Waals surface area contributed by atoms with Crippen LogP contribution in [0.4, 0.5) is 5.13 Å². The lowest BCUT2D eigenvalue weighted by atomic mass is 10.2. The predicted molar refractivity (Wildman–Crippen MR) is 98.6 cm³/mol. The molecule has 2 aromatic heterocycles. The first-order valence-corrected chi connectivity index (χ1v) is 10.1. The van der Waals surface area contributed by atoms with Crippen molar-refractivity contribution in [3.8, 4) is 11.3 Å². The van der Waals surface area contributed by atoms with E-state index < -0.39 is 28.4 Å². The number of sulfonamides is 1. The third-order valence-electron chi connectivity index (χ3n) is 3.91. The van der Waals surface area contributed by atoms with E-state index in [2.05, 4.69) is 15.3 Å². The lowest BCUT2D eigenvalue weighted by Crippen LogP contribution is -2.37. The molecule has 1 aliphatic heterocycles. The van der Waals surface area contributed by atoms with Gasteiger partial charge in [0.2, 0.25) is 5.91 Å². The van der Waals surface area contributed by atoms with Crippen molar-refractivity contribution >= 4 is 38.3 Å². The van der Waals surface area contributed by atoms with E-state index in [4.69, 9.17) is 0 Å². The van der Waals surface area contributed by atoms with E-state index in [1.165, 1.54) is 29.5 Å². The number of benzene rings is 1. The van der Waals surface area contributed by atoms with E-state index in [9.17, 15) is 18.0 Å². The Labute approximate surface area is 158 Å². The normalized spacial score (nSPS) is 14.8. The Morgan fingerprint density at radius 3 is 2.74 bits per heavy atom. The van der Waals surface area contributed by atoms with Crippen molar-refractivity contribution in [3.05, 3.63) is 59.7 Å². The lowest BCUT2D eigenvalue weighted by molar-refractivity contribution is -0.116. The van der Waals surface area contributed by atoms with Gasteiger partial charge in [-0.2, -0.15) is 0 Å². The smallest absolute Gasteiger partial charge is 0.269 e. The number of carbonyl (C=O) groups is 2. The van der Waals surface area contributed by atoms with Crippen LogP contribution in [0, 0.1) is 0 Å². The van der Waals surface area contributed by atoms with Gasteiger partial charge in [0.1, 0.15) is 11.4 Å². The standard InChI is InChI=1S/C17H12N4O4S2/c22-15(20-17-19-13(10-26-17)11-4-3-7-18-8-11)9-21-16(23)12-5-1-2-6-14(12)27(21,24)25/h1-8,10H,9H2,(H,19,20,22). The third kappa shape index (κ3) is 3.09. The molecule has 0 saturated heterocycles. The molecule has 10 heteroatoms. The summed E-state index contributed by atoms with van der Waals surface area (Å²) in [6.07, 6.45) is 3.29. The first kappa shape index (κ1) is 17.3. The number of rotatable bonds is 4. The Hall–Kier alpha value is -3.11. The number of nitrogens with one attached hydrogen (secondary N) is 1. The van der Waals surface area contributed by atoms with Gasteiger partial charge in [-0.25, -0.2) is 17.7 Å². The van der Waals surface area contributed by atoms with Crippen LogP contribution >= 0.6 is 11.3 Å². The number of carbonyl (C=O) groups excluding carboxylic acids is 2. The van der Waals surface area contributed by atoms with E-state index >= 15 is 0 Å². The number of aromatic nitrogens is 2. The highest BCUT2D eigenvalue weighted by molar-refractivity contribution is 7.90. The molecule has 8 nitrogen and oxygen atoms in total. The summed E-state index contributed by atoms with van der Waals surface area (Å²) in [7, 11) is -4.02. The minimum atomic E-state index is -4.02. The van der Waals surface area contributed by atoms with Crippen molar-refractivity contribution in [1.82, 2.24) is 14.3 Å². The van der Waals surface area contributed by atoms with Gasteiger partial charge in [0.05, 0.1) is 11.3 Å². The maximum absolute atomic E-state index is 12.5. The second kappa shape index (κ2) is 6.56. The highest BCUT2D eigenvalue weighted by Crippen LogP contribution is 2.30. The van der Waals surface area contributed by atoms with Crippen molar-refractivity contribution in [2.75, 3.05) is 11.9 Å². The summed E-state index contributed by atoms with van der Waals surface area (Å²) in [5.41, 5.74) is 1.50. The van der Waals surface area contributed by atoms with Gasteiger partial charge in [0, 0.05) is 23.3 Å². The monoisotopic (exact) mass is 400 g/mol. The van der Waals surface area contributed by atoms with Crippen LogP contribution in [-0.2, 0) is 14.8 Å². The first-order chi connectivity index (χ1) is 13.0. The molecule has 27 heavy (non-hydrogen) atoms. The molecule has 0 aliphatic carbocycles. The van der Waals surface area contributed by atoms with Gasteiger partial charge in [-0.1, -0.05) is 12.1 Å². The predicted octanol–water partition coefficient (Wildman–Crippen LogP) is 1.99. The number of anilines is 1. The van der Waals surface area contributed by atoms with Crippen LogP contribution in [0.2, 0.25) is 0 Å². The highest BCUT2D eigenvalue weighted by atomic mass is 32.2. The number of amides is 2. The Morgan fingerprint density at radius 1 is 1.19 bits per heavy atom. The second-order valence-corrected chi connectivity index (χ2v) is 8.33. The van der Waals surface area contributed by atoms with Crippen LogP contribution < -0.4 is 5.32 Å². The molecule has 3 aromatic rings. The van der Waals surface area contributed by atoms with Crippen LogP contribution in [-0.4, -0.2) is 41.1 Å².